The molecule has 0 bridgehead atoms. The van der Waals surface area contributed by atoms with Gasteiger partial charge in [-0.25, -0.2) is 0 Å². The first-order valence-electron chi connectivity index (χ1n) is 6.52. The molecule has 1 atom stereocenters. The highest BCUT2D eigenvalue weighted by Crippen LogP contribution is 2.35. The van der Waals surface area contributed by atoms with Crippen molar-refractivity contribution < 1.29 is 9.90 Å². The minimum absolute atomic E-state index is 0.102. The number of nitrogens with zero attached hydrogens (tertiary/aromatic N) is 1. The highest BCUT2D eigenvalue weighted by molar-refractivity contribution is 5.92. The fourth-order valence-electron chi connectivity index (χ4n) is 1.84. The van der Waals surface area contributed by atoms with Crippen LogP contribution in [0.3, 0.4) is 0 Å². The van der Waals surface area contributed by atoms with Crippen LogP contribution in [0.2, 0.25) is 0 Å². The summed E-state index contributed by atoms with van der Waals surface area (Å²) < 4.78 is 2.03. The minimum atomic E-state index is -0.536. The lowest BCUT2D eigenvalue weighted by Crippen LogP contribution is -2.39. The number of nitrogens with one attached hydrogen (secondary N) is 1. The van der Waals surface area contributed by atoms with E-state index in [0.29, 0.717) is 11.7 Å². The molecule has 1 saturated carbocycles. The first kappa shape index (κ1) is 13.1. The smallest absolute Gasteiger partial charge is 0.268 e. The molecule has 18 heavy (non-hydrogen) atoms. The fraction of sp³-hybridized carbons (Fsp3) is 0.643. The van der Waals surface area contributed by atoms with Gasteiger partial charge in [-0.15, -0.1) is 0 Å². The molecule has 0 radical (unpaired) electrons. The average Bonchev–Trinajstić information content (AvgIpc) is 3.02. The molecule has 1 aliphatic rings. The molecule has 4 nitrogen and oxygen atoms in total. The molecular formula is C14H22N2O2. The summed E-state index contributed by atoms with van der Waals surface area (Å²) in [6.07, 6.45) is 3.72. The highest BCUT2D eigenvalue weighted by Gasteiger charge is 2.27. The zero-order valence-corrected chi connectivity index (χ0v) is 11.3. The second-order valence-electron chi connectivity index (χ2n) is 6.12. The van der Waals surface area contributed by atoms with Crippen molar-refractivity contribution in [3.63, 3.8) is 0 Å². The molecular weight excluding hydrogens is 228 g/mol. The summed E-state index contributed by atoms with van der Waals surface area (Å²) in [5.74, 6) is -0.102. The van der Waals surface area contributed by atoms with Crippen LogP contribution in [0.25, 0.3) is 0 Å². The third kappa shape index (κ3) is 2.93. The zero-order valence-electron chi connectivity index (χ0n) is 11.3. The standard InChI is InChI=1S/C14H22N2O2/c1-14(2,3)12(17)9-15-13(18)11-5-4-8-16(11)10-6-7-10/h4-5,8,10,12,17H,6-7,9H2,1-3H3,(H,15,18). The molecule has 1 unspecified atom stereocenters. The lowest BCUT2D eigenvalue weighted by Gasteiger charge is -2.25. The van der Waals surface area contributed by atoms with Crippen LogP contribution >= 0.6 is 0 Å². The van der Waals surface area contributed by atoms with E-state index < -0.39 is 6.10 Å². The Hall–Kier alpha value is -1.29. The SMILES string of the molecule is CC(C)(C)C(O)CNC(=O)c1cccn1C1CC1. The van der Waals surface area contributed by atoms with Gasteiger partial charge in [0.2, 0.25) is 0 Å². The second-order valence-corrected chi connectivity index (χ2v) is 6.12. The van der Waals surface area contributed by atoms with Crippen LogP contribution in [0.5, 0.6) is 0 Å². The van der Waals surface area contributed by atoms with E-state index in [1.807, 2.05) is 43.7 Å². The third-order valence-corrected chi connectivity index (χ3v) is 3.41. The molecule has 1 aromatic heterocycles. The van der Waals surface area contributed by atoms with Crippen molar-refractivity contribution in [3.8, 4) is 0 Å². The Bertz CT molecular complexity index is 427. The zero-order chi connectivity index (χ0) is 13.3. The number of hydrogen-bond acceptors (Lipinski definition) is 2. The van der Waals surface area contributed by atoms with Crippen molar-refractivity contribution in [2.24, 2.45) is 5.41 Å². The van der Waals surface area contributed by atoms with Crippen molar-refractivity contribution in [2.45, 2.75) is 45.8 Å². The number of aliphatic hydroxyl groups is 1. The van der Waals surface area contributed by atoms with E-state index in [4.69, 9.17) is 0 Å². The summed E-state index contributed by atoms with van der Waals surface area (Å²) in [5, 5.41) is 12.7. The number of amides is 1. The van der Waals surface area contributed by atoms with E-state index in [1.165, 1.54) is 0 Å². The van der Waals surface area contributed by atoms with E-state index in [0.717, 1.165) is 12.8 Å². The van der Waals surface area contributed by atoms with Gasteiger partial charge in [-0.1, -0.05) is 20.8 Å². The van der Waals surface area contributed by atoms with Gasteiger partial charge in [0.05, 0.1) is 6.10 Å². The Morgan fingerprint density at radius 3 is 2.78 bits per heavy atom. The Morgan fingerprint density at radius 2 is 2.22 bits per heavy atom. The van der Waals surface area contributed by atoms with Gasteiger partial charge in [0.1, 0.15) is 5.69 Å². The number of carbonyl (C=O) groups excluding carboxylic acids is 1. The summed E-state index contributed by atoms with van der Waals surface area (Å²) in [7, 11) is 0. The lowest BCUT2D eigenvalue weighted by atomic mass is 9.89. The maximum Gasteiger partial charge on any atom is 0.268 e. The van der Waals surface area contributed by atoms with Crippen LogP contribution in [-0.4, -0.2) is 28.2 Å². The molecule has 1 heterocycles. The molecule has 100 valence electrons. The summed E-state index contributed by atoms with van der Waals surface area (Å²) in [5.41, 5.74) is 0.477. The van der Waals surface area contributed by atoms with E-state index in [-0.39, 0.29) is 17.9 Å². The first-order valence-corrected chi connectivity index (χ1v) is 6.52. The Morgan fingerprint density at radius 1 is 1.56 bits per heavy atom. The van der Waals surface area contributed by atoms with Crippen molar-refractivity contribution in [2.75, 3.05) is 6.54 Å². The minimum Gasteiger partial charge on any atom is -0.391 e. The summed E-state index contributed by atoms with van der Waals surface area (Å²) >= 11 is 0. The Balaban J connectivity index is 1.93. The molecule has 0 spiro atoms. The topological polar surface area (TPSA) is 54.3 Å². The van der Waals surface area contributed by atoms with Gasteiger partial charge in [-0.3, -0.25) is 4.79 Å². The van der Waals surface area contributed by atoms with Gasteiger partial charge in [0, 0.05) is 18.8 Å². The predicted molar refractivity (Wildman–Crippen MR) is 70.5 cm³/mol. The van der Waals surface area contributed by atoms with Crippen LogP contribution in [-0.2, 0) is 0 Å². The van der Waals surface area contributed by atoms with Gasteiger partial charge < -0.3 is 15.0 Å². The summed E-state index contributed by atoms with van der Waals surface area (Å²) in [4.78, 5) is 12.0. The normalized spacial score (nSPS) is 17.6. The van der Waals surface area contributed by atoms with Crippen LogP contribution in [0.4, 0.5) is 0 Å². The van der Waals surface area contributed by atoms with Crippen LogP contribution in [0.1, 0.15) is 50.1 Å². The molecule has 2 N–H and O–H groups in total. The van der Waals surface area contributed by atoms with Crippen LogP contribution in [0.15, 0.2) is 18.3 Å². The van der Waals surface area contributed by atoms with E-state index in [1.54, 1.807) is 0 Å². The molecule has 1 amide bonds. The molecule has 1 fully saturated rings. The van der Waals surface area contributed by atoms with Gasteiger partial charge in [0.15, 0.2) is 0 Å². The summed E-state index contributed by atoms with van der Waals surface area (Å²) in [6, 6.07) is 4.22. The molecule has 2 rings (SSSR count). The van der Waals surface area contributed by atoms with Gasteiger partial charge in [0.25, 0.3) is 5.91 Å². The number of rotatable bonds is 4. The number of hydrogen-bond donors (Lipinski definition) is 2. The lowest BCUT2D eigenvalue weighted by molar-refractivity contribution is 0.0584. The molecule has 1 aliphatic carbocycles. The van der Waals surface area contributed by atoms with E-state index in [9.17, 15) is 9.90 Å². The second kappa shape index (κ2) is 4.76. The van der Waals surface area contributed by atoms with Crippen LogP contribution in [0, 0.1) is 5.41 Å². The molecule has 0 aliphatic heterocycles. The largest absolute Gasteiger partial charge is 0.391 e. The van der Waals surface area contributed by atoms with E-state index >= 15 is 0 Å². The third-order valence-electron chi connectivity index (χ3n) is 3.41. The van der Waals surface area contributed by atoms with Crippen molar-refractivity contribution in [1.82, 2.24) is 9.88 Å². The van der Waals surface area contributed by atoms with Crippen molar-refractivity contribution >= 4 is 5.91 Å². The maximum absolute atomic E-state index is 12.0. The molecule has 0 aromatic carbocycles. The van der Waals surface area contributed by atoms with E-state index in [2.05, 4.69) is 5.32 Å². The highest BCUT2D eigenvalue weighted by atomic mass is 16.3. The number of aliphatic hydroxyl groups excluding tert-OH is 1. The molecule has 4 heteroatoms. The van der Waals surface area contributed by atoms with Gasteiger partial charge >= 0.3 is 0 Å². The number of carbonyl (C=O) groups is 1. The number of aromatic nitrogens is 1. The Labute approximate surface area is 108 Å². The van der Waals surface area contributed by atoms with Gasteiger partial charge in [-0.2, -0.15) is 0 Å². The monoisotopic (exact) mass is 250 g/mol. The molecule has 0 saturated heterocycles. The maximum atomic E-state index is 12.0. The van der Waals surface area contributed by atoms with Gasteiger partial charge in [-0.05, 0) is 30.4 Å². The van der Waals surface area contributed by atoms with Crippen LogP contribution < -0.4 is 5.32 Å². The molecule has 1 aromatic rings. The average molecular weight is 250 g/mol. The fourth-order valence-corrected chi connectivity index (χ4v) is 1.84. The Kier molecular flexibility index (Phi) is 3.48. The first-order chi connectivity index (χ1) is 8.39. The predicted octanol–water partition coefficient (Wildman–Crippen LogP) is 1.96. The van der Waals surface area contributed by atoms with Crippen molar-refractivity contribution in [3.05, 3.63) is 24.0 Å². The quantitative estimate of drug-likeness (QED) is 0.858. The summed E-state index contributed by atoms with van der Waals surface area (Å²) in [6.45, 7) is 6.16. The van der Waals surface area contributed by atoms with Crippen molar-refractivity contribution in [1.29, 1.82) is 0 Å².